The minimum Gasteiger partial charge on any atom is -0.370 e. The number of hydrogen-bond acceptors (Lipinski definition) is 4. The molecule has 0 saturated heterocycles. The Morgan fingerprint density at radius 2 is 2.16 bits per heavy atom. The van der Waals surface area contributed by atoms with Crippen molar-refractivity contribution in [3.8, 4) is 0 Å². The fourth-order valence-corrected chi connectivity index (χ4v) is 1.53. The van der Waals surface area contributed by atoms with Gasteiger partial charge in [-0.25, -0.2) is 4.98 Å². The van der Waals surface area contributed by atoms with E-state index in [0.29, 0.717) is 11.3 Å². The fraction of sp³-hybridized carbons (Fsp3) is 0.214. The van der Waals surface area contributed by atoms with E-state index in [-0.39, 0.29) is 5.91 Å². The summed E-state index contributed by atoms with van der Waals surface area (Å²) in [4.78, 5) is 20.1. The predicted octanol–water partition coefficient (Wildman–Crippen LogP) is 2.55. The van der Waals surface area contributed by atoms with Gasteiger partial charge in [0, 0.05) is 18.9 Å². The third-order valence-electron chi connectivity index (χ3n) is 2.50. The summed E-state index contributed by atoms with van der Waals surface area (Å²) < 4.78 is 0. The largest absolute Gasteiger partial charge is 0.370 e. The van der Waals surface area contributed by atoms with Crippen LogP contribution >= 0.6 is 0 Å². The molecule has 5 nitrogen and oxygen atoms in total. The van der Waals surface area contributed by atoms with Crippen LogP contribution in [0, 0.1) is 0 Å². The fourth-order valence-electron chi connectivity index (χ4n) is 1.53. The van der Waals surface area contributed by atoms with Crippen molar-refractivity contribution in [3.05, 3.63) is 48.4 Å². The normalized spacial score (nSPS) is 9.95. The molecule has 0 spiro atoms. The number of aromatic nitrogens is 2. The zero-order valence-corrected chi connectivity index (χ0v) is 10.8. The summed E-state index contributed by atoms with van der Waals surface area (Å²) in [6.45, 7) is 2.96. The van der Waals surface area contributed by atoms with Crippen LogP contribution in [0.3, 0.4) is 0 Å². The lowest BCUT2D eigenvalue weighted by molar-refractivity contribution is 0.102. The smallest absolute Gasteiger partial charge is 0.257 e. The molecular weight excluding hydrogens is 240 g/mol. The molecule has 0 fully saturated rings. The van der Waals surface area contributed by atoms with Crippen LogP contribution in [0.5, 0.6) is 0 Å². The molecule has 2 aromatic heterocycles. The van der Waals surface area contributed by atoms with Gasteiger partial charge in [-0.2, -0.15) is 0 Å². The van der Waals surface area contributed by atoms with E-state index in [9.17, 15) is 4.79 Å². The lowest BCUT2D eigenvalue weighted by Crippen LogP contribution is -2.12. The van der Waals surface area contributed by atoms with Crippen LogP contribution in [0.1, 0.15) is 23.7 Å². The summed E-state index contributed by atoms with van der Waals surface area (Å²) in [5, 5.41) is 5.92. The highest BCUT2D eigenvalue weighted by Gasteiger charge is 2.06. The van der Waals surface area contributed by atoms with Crippen LogP contribution in [-0.2, 0) is 0 Å². The van der Waals surface area contributed by atoms with Crippen molar-refractivity contribution >= 4 is 17.4 Å². The molecule has 0 aliphatic carbocycles. The Morgan fingerprint density at radius 3 is 2.79 bits per heavy atom. The van der Waals surface area contributed by atoms with Crippen molar-refractivity contribution in [1.82, 2.24) is 9.97 Å². The Kier molecular flexibility index (Phi) is 4.44. The lowest BCUT2D eigenvalue weighted by Gasteiger charge is -2.06. The van der Waals surface area contributed by atoms with E-state index in [2.05, 4.69) is 27.5 Å². The molecule has 2 N–H and O–H groups in total. The van der Waals surface area contributed by atoms with Crippen molar-refractivity contribution in [2.45, 2.75) is 13.3 Å². The second-order valence-corrected chi connectivity index (χ2v) is 4.05. The van der Waals surface area contributed by atoms with Gasteiger partial charge < -0.3 is 10.6 Å². The molecule has 0 aliphatic heterocycles. The molecule has 0 saturated carbocycles. The van der Waals surface area contributed by atoms with Crippen LogP contribution in [-0.4, -0.2) is 22.4 Å². The zero-order valence-electron chi connectivity index (χ0n) is 10.8. The number of rotatable bonds is 5. The standard InChI is InChI=1S/C14H16N4O/c1-2-7-16-13-6-5-11(9-17-13)14(19)18-12-4-3-8-15-10-12/h3-6,8-10H,2,7H2,1H3,(H,16,17)(H,18,19). The van der Waals surface area contributed by atoms with Gasteiger partial charge in [0.05, 0.1) is 17.4 Å². The highest BCUT2D eigenvalue weighted by Crippen LogP contribution is 2.09. The van der Waals surface area contributed by atoms with E-state index in [4.69, 9.17) is 0 Å². The van der Waals surface area contributed by atoms with Gasteiger partial charge in [0.1, 0.15) is 5.82 Å². The summed E-state index contributed by atoms with van der Waals surface area (Å²) in [5.74, 6) is 0.585. The number of carbonyl (C=O) groups excluding carboxylic acids is 1. The molecule has 19 heavy (non-hydrogen) atoms. The van der Waals surface area contributed by atoms with Gasteiger partial charge in [0.25, 0.3) is 5.91 Å². The maximum absolute atomic E-state index is 11.9. The van der Waals surface area contributed by atoms with E-state index in [1.165, 1.54) is 0 Å². The van der Waals surface area contributed by atoms with E-state index < -0.39 is 0 Å². The quantitative estimate of drug-likeness (QED) is 0.862. The topological polar surface area (TPSA) is 66.9 Å². The Hall–Kier alpha value is -2.43. The molecule has 0 bridgehead atoms. The molecule has 98 valence electrons. The molecule has 2 heterocycles. The molecule has 0 aliphatic rings. The van der Waals surface area contributed by atoms with E-state index in [1.807, 2.05) is 0 Å². The Labute approximate surface area is 112 Å². The van der Waals surface area contributed by atoms with Gasteiger partial charge in [-0.3, -0.25) is 9.78 Å². The number of pyridine rings is 2. The first-order valence-electron chi connectivity index (χ1n) is 6.21. The zero-order chi connectivity index (χ0) is 13.5. The van der Waals surface area contributed by atoms with Crippen LogP contribution in [0.4, 0.5) is 11.5 Å². The van der Waals surface area contributed by atoms with E-state index in [0.717, 1.165) is 18.8 Å². The number of anilines is 2. The minimum atomic E-state index is -0.192. The second kappa shape index (κ2) is 6.49. The monoisotopic (exact) mass is 256 g/mol. The van der Waals surface area contributed by atoms with Crippen LogP contribution in [0.15, 0.2) is 42.9 Å². The molecule has 0 radical (unpaired) electrons. The second-order valence-electron chi connectivity index (χ2n) is 4.05. The molecule has 1 amide bonds. The average molecular weight is 256 g/mol. The highest BCUT2D eigenvalue weighted by molar-refractivity contribution is 6.04. The summed E-state index contributed by atoms with van der Waals surface area (Å²) in [6.07, 6.45) is 5.85. The first-order chi connectivity index (χ1) is 9.29. The molecule has 0 aromatic carbocycles. The van der Waals surface area contributed by atoms with Crippen molar-refractivity contribution in [1.29, 1.82) is 0 Å². The van der Waals surface area contributed by atoms with Gasteiger partial charge in [0.15, 0.2) is 0 Å². The van der Waals surface area contributed by atoms with Crippen LogP contribution in [0.2, 0.25) is 0 Å². The molecule has 0 unspecified atom stereocenters. The third kappa shape index (κ3) is 3.77. The SMILES string of the molecule is CCCNc1ccc(C(=O)Nc2cccnc2)cn1. The van der Waals surface area contributed by atoms with Crippen molar-refractivity contribution in [3.63, 3.8) is 0 Å². The molecule has 0 atom stereocenters. The molecule has 5 heteroatoms. The third-order valence-corrected chi connectivity index (χ3v) is 2.50. The summed E-state index contributed by atoms with van der Waals surface area (Å²) in [6, 6.07) is 7.10. The minimum absolute atomic E-state index is 0.192. The first-order valence-corrected chi connectivity index (χ1v) is 6.21. The summed E-state index contributed by atoms with van der Waals surface area (Å²) >= 11 is 0. The van der Waals surface area contributed by atoms with Gasteiger partial charge in [-0.1, -0.05) is 6.92 Å². The van der Waals surface area contributed by atoms with Crippen molar-refractivity contribution in [2.75, 3.05) is 17.2 Å². The number of nitrogens with zero attached hydrogens (tertiary/aromatic N) is 2. The molecule has 2 rings (SSSR count). The maximum Gasteiger partial charge on any atom is 0.257 e. The number of carbonyl (C=O) groups is 1. The number of hydrogen-bond donors (Lipinski definition) is 2. The van der Waals surface area contributed by atoms with Gasteiger partial charge in [-0.05, 0) is 30.7 Å². The van der Waals surface area contributed by atoms with Gasteiger partial charge >= 0.3 is 0 Å². The molecular formula is C14H16N4O. The van der Waals surface area contributed by atoms with Crippen LogP contribution in [0.25, 0.3) is 0 Å². The van der Waals surface area contributed by atoms with Crippen LogP contribution < -0.4 is 10.6 Å². The summed E-state index contributed by atoms with van der Waals surface area (Å²) in [5.41, 5.74) is 1.19. The van der Waals surface area contributed by atoms with E-state index in [1.54, 1.807) is 42.9 Å². The average Bonchev–Trinajstić information content (AvgIpc) is 2.46. The maximum atomic E-state index is 11.9. The lowest BCUT2D eigenvalue weighted by atomic mass is 10.2. The van der Waals surface area contributed by atoms with Gasteiger partial charge in [-0.15, -0.1) is 0 Å². The van der Waals surface area contributed by atoms with Crippen molar-refractivity contribution in [2.24, 2.45) is 0 Å². The Morgan fingerprint density at radius 1 is 1.26 bits per heavy atom. The Balaban J connectivity index is 1.99. The summed E-state index contributed by atoms with van der Waals surface area (Å²) in [7, 11) is 0. The first kappa shape index (κ1) is 13.0. The van der Waals surface area contributed by atoms with E-state index >= 15 is 0 Å². The molecule has 2 aromatic rings. The Bertz CT molecular complexity index is 525. The highest BCUT2D eigenvalue weighted by atomic mass is 16.1. The van der Waals surface area contributed by atoms with Gasteiger partial charge in [0.2, 0.25) is 0 Å². The number of nitrogens with one attached hydrogen (secondary N) is 2. The predicted molar refractivity (Wildman–Crippen MR) is 75.2 cm³/mol. The number of amides is 1. The van der Waals surface area contributed by atoms with Crippen molar-refractivity contribution < 1.29 is 4.79 Å².